The van der Waals surface area contributed by atoms with E-state index in [-0.39, 0.29) is 0 Å². The van der Waals surface area contributed by atoms with Gasteiger partial charge in [0.15, 0.2) is 6.04 Å². The predicted octanol–water partition coefficient (Wildman–Crippen LogP) is 0.468. The molecule has 0 bridgehead atoms. The highest BCUT2D eigenvalue weighted by molar-refractivity contribution is 5.90. The fourth-order valence-electron chi connectivity index (χ4n) is 1.82. The highest BCUT2D eigenvalue weighted by atomic mass is 16.6. The van der Waals surface area contributed by atoms with Crippen LogP contribution in [0.5, 0.6) is 0 Å². The lowest BCUT2D eigenvalue weighted by atomic mass is 10.1. The average Bonchev–Trinajstić information content (AvgIpc) is 2.36. The number of aliphatic hydroxyl groups is 2. The van der Waals surface area contributed by atoms with Crippen LogP contribution in [-0.2, 0) is 19.1 Å². The molecule has 0 aliphatic rings. The third-order valence-electron chi connectivity index (χ3n) is 2.88. The summed E-state index contributed by atoms with van der Waals surface area (Å²) in [5.41, 5.74) is -1.60. The number of aliphatic hydroxyl groups excluding tert-OH is 2. The van der Waals surface area contributed by atoms with E-state index in [4.69, 9.17) is 9.47 Å². The summed E-state index contributed by atoms with van der Waals surface area (Å²) in [5.74, 6) is -1.69. The minimum Gasteiger partial charge on any atom is -0.458 e. The van der Waals surface area contributed by atoms with Crippen molar-refractivity contribution in [3.05, 3.63) is 0 Å². The predicted molar refractivity (Wildman–Crippen MR) is 94.3 cm³/mol. The van der Waals surface area contributed by atoms with Crippen LogP contribution in [0.4, 0.5) is 4.79 Å². The second-order valence-electron chi connectivity index (χ2n) is 8.12. The van der Waals surface area contributed by atoms with Gasteiger partial charge in [0.05, 0.1) is 12.2 Å². The molecule has 0 fully saturated rings. The Hall–Kier alpha value is -1.87. The van der Waals surface area contributed by atoms with Gasteiger partial charge in [-0.25, -0.2) is 9.59 Å². The van der Waals surface area contributed by atoms with Gasteiger partial charge < -0.3 is 30.3 Å². The van der Waals surface area contributed by atoms with E-state index >= 15 is 0 Å². The molecular weight excluding hydrogens is 344 g/mol. The molecule has 4 atom stereocenters. The van der Waals surface area contributed by atoms with E-state index in [0.29, 0.717) is 0 Å². The summed E-state index contributed by atoms with van der Waals surface area (Å²) in [6.07, 6.45) is -3.41. The van der Waals surface area contributed by atoms with E-state index in [9.17, 15) is 24.6 Å². The van der Waals surface area contributed by atoms with Crippen LogP contribution in [0.25, 0.3) is 0 Å². The van der Waals surface area contributed by atoms with Crippen molar-refractivity contribution in [2.24, 2.45) is 0 Å². The number of amides is 2. The molecule has 9 heteroatoms. The second kappa shape index (κ2) is 9.18. The van der Waals surface area contributed by atoms with Gasteiger partial charge in [0.2, 0.25) is 5.91 Å². The summed E-state index contributed by atoms with van der Waals surface area (Å²) in [7, 11) is 0. The Labute approximate surface area is 154 Å². The highest BCUT2D eigenvalue weighted by Gasteiger charge is 2.35. The minimum atomic E-state index is -1.38. The van der Waals surface area contributed by atoms with Gasteiger partial charge >= 0.3 is 12.1 Å². The zero-order valence-electron chi connectivity index (χ0n) is 16.7. The molecule has 0 saturated heterocycles. The average molecular weight is 376 g/mol. The second-order valence-corrected chi connectivity index (χ2v) is 8.12. The van der Waals surface area contributed by atoms with Crippen molar-refractivity contribution in [3.63, 3.8) is 0 Å². The van der Waals surface area contributed by atoms with Crippen molar-refractivity contribution in [3.8, 4) is 0 Å². The lowest BCUT2D eigenvalue weighted by Gasteiger charge is -2.28. The Morgan fingerprint density at radius 2 is 1.19 bits per heavy atom. The lowest BCUT2D eigenvalue weighted by Crippen LogP contribution is -2.58. The summed E-state index contributed by atoms with van der Waals surface area (Å²) in [5, 5.41) is 24.1. The maximum atomic E-state index is 12.4. The quantitative estimate of drug-likeness (QED) is 0.495. The van der Waals surface area contributed by atoms with Crippen LogP contribution in [0.3, 0.4) is 0 Å². The van der Waals surface area contributed by atoms with Gasteiger partial charge in [-0.1, -0.05) is 0 Å². The van der Waals surface area contributed by atoms with E-state index in [1.54, 1.807) is 41.5 Å². The van der Waals surface area contributed by atoms with Crippen LogP contribution >= 0.6 is 0 Å². The van der Waals surface area contributed by atoms with Crippen LogP contribution < -0.4 is 10.6 Å². The molecule has 0 saturated carbocycles. The first-order valence-corrected chi connectivity index (χ1v) is 8.42. The molecule has 0 unspecified atom stereocenters. The standard InChI is InChI=1S/C17H32N2O7/c1-9(20)11(19-15(24)26-17(6,7)8)13(22)18-12(10(2)21)14(23)25-16(3,4)5/h9-12,20-21H,1-8H3,(H,18,22)(H,19,24)/t9-,10-,11+,12-/m1/s1. The monoisotopic (exact) mass is 376 g/mol. The molecule has 152 valence electrons. The first-order valence-electron chi connectivity index (χ1n) is 8.42. The Balaban J connectivity index is 5.16. The topological polar surface area (TPSA) is 134 Å². The van der Waals surface area contributed by atoms with Crippen LogP contribution in [-0.4, -0.2) is 63.7 Å². The smallest absolute Gasteiger partial charge is 0.408 e. The van der Waals surface area contributed by atoms with Gasteiger partial charge in [0.1, 0.15) is 17.2 Å². The van der Waals surface area contributed by atoms with E-state index in [0.717, 1.165) is 0 Å². The van der Waals surface area contributed by atoms with Gasteiger partial charge in [-0.05, 0) is 55.4 Å². The molecule has 9 nitrogen and oxygen atoms in total. The number of esters is 1. The van der Waals surface area contributed by atoms with Gasteiger partial charge in [-0.3, -0.25) is 4.79 Å². The maximum absolute atomic E-state index is 12.4. The molecule has 26 heavy (non-hydrogen) atoms. The molecule has 0 aromatic carbocycles. The van der Waals surface area contributed by atoms with Crippen molar-refractivity contribution in [2.45, 2.75) is 90.9 Å². The van der Waals surface area contributed by atoms with Crippen LogP contribution in [0.2, 0.25) is 0 Å². The van der Waals surface area contributed by atoms with Gasteiger partial charge in [-0.2, -0.15) is 0 Å². The molecular formula is C17H32N2O7. The molecule has 0 aliphatic carbocycles. The van der Waals surface area contributed by atoms with Crippen molar-refractivity contribution in [1.29, 1.82) is 0 Å². The maximum Gasteiger partial charge on any atom is 0.408 e. The van der Waals surface area contributed by atoms with Gasteiger partial charge in [0.25, 0.3) is 0 Å². The molecule has 0 radical (unpaired) electrons. The summed E-state index contributed by atoms with van der Waals surface area (Å²) >= 11 is 0. The third kappa shape index (κ3) is 9.57. The molecule has 0 spiro atoms. The normalized spacial score (nSPS) is 16.7. The van der Waals surface area contributed by atoms with Crippen LogP contribution in [0.1, 0.15) is 55.4 Å². The molecule has 0 aromatic heterocycles. The molecule has 0 heterocycles. The van der Waals surface area contributed by atoms with Crippen molar-refractivity contribution < 1.29 is 34.1 Å². The zero-order valence-corrected chi connectivity index (χ0v) is 16.7. The van der Waals surface area contributed by atoms with E-state index < -0.39 is 53.5 Å². The summed E-state index contributed by atoms with van der Waals surface area (Å²) in [4.78, 5) is 36.4. The number of carbonyl (C=O) groups excluding carboxylic acids is 3. The number of rotatable bonds is 6. The largest absolute Gasteiger partial charge is 0.458 e. The Bertz CT molecular complexity index is 504. The van der Waals surface area contributed by atoms with Crippen LogP contribution in [0, 0.1) is 0 Å². The fraction of sp³-hybridized carbons (Fsp3) is 0.824. The molecule has 0 aliphatic heterocycles. The van der Waals surface area contributed by atoms with E-state index in [2.05, 4.69) is 10.6 Å². The Morgan fingerprint density at radius 1 is 0.769 bits per heavy atom. The summed E-state index contributed by atoms with van der Waals surface area (Å²) in [6, 6.07) is -2.74. The number of ether oxygens (including phenoxy) is 2. The molecule has 2 amide bonds. The highest BCUT2D eigenvalue weighted by Crippen LogP contribution is 2.11. The summed E-state index contributed by atoms with van der Waals surface area (Å²) in [6.45, 7) is 12.5. The van der Waals surface area contributed by atoms with E-state index in [1.165, 1.54) is 13.8 Å². The van der Waals surface area contributed by atoms with Crippen LogP contribution in [0.15, 0.2) is 0 Å². The van der Waals surface area contributed by atoms with Crippen molar-refractivity contribution >= 4 is 18.0 Å². The van der Waals surface area contributed by atoms with Crippen molar-refractivity contribution in [2.75, 3.05) is 0 Å². The Morgan fingerprint density at radius 3 is 1.54 bits per heavy atom. The lowest BCUT2D eigenvalue weighted by molar-refractivity contribution is -0.161. The first kappa shape index (κ1) is 24.1. The zero-order chi connectivity index (χ0) is 20.9. The molecule has 0 rings (SSSR count). The first-order chi connectivity index (χ1) is 11.5. The number of hydrogen-bond acceptors (Lipinski definition) is 7. The van der Waals surface area contributed by atoms with Gasteiger partial charge in [-0.15, -0.1) is 0 Å². The van der Waals surface area contributed by atoms with E-state index in [1.807, 2.05) is 0 Å². The van der Waals surface area contributed by atoms with Crippen molar-refractivity contribution in [1.82, 2.24) is 10.6 Å². The number of hydrogen-bond donors (Lipinski definition) is 4. The fourth-order valence-corrected chi connectivity index (χ4v) is 1.82. The SMILES string of the molecule is C[C@@H](O)[C@H](NC(=O)OC(C)(C)C)C(=O)N[C@@H](C(=O)OC(C)(C)C)[C@@H](C)O. The summed E-state index contributed by atoms with van der Waals surface area (Å²) < 4.78 is 10.2. The molecule has 4 N–H and O–H groups in total. The minimum absolute atomic E-state index is 0.789. The van der Waals surface area contributed by atoms with Gasteiger partial charge in [0, 0.05) is 0 Å². The number of nitrogens with one attached hydrogen (secondary N) is 2. The third-order valence-corrected chi connectivity index (χ3v) is 2.88. The number of carbonyl (C=O) groups is 3. The number of alkyl carbamates (subject to hydrolysis) is 1. The molecule has 0 aromatic rings. The Kier molecular flexibility index (Phi) is 8.52.